The van der Waals surface area contributed by atoms with E-state index < -0.39 is 45.4 Å². The number of nitrogens with zero attached hydrogens (tertiary/aromatic N) is 1. The molecular formula is C32H33Cl2FN2O4S. The lowest BCUT2D eigenvalue weighted by atomic mass is 9.88. The van der Waals surface area contributed by atoms with Gasteiger partial charge in [0.15, 0.2) is 5.82 Å². The summed E-state index contributed by atoms with van der Waals surface area (Å²) in [5.41, 5.74) is 1.83. The van der Waals surface area contributed by atoms with Crippen molar-refractivity contribution in [3.8, 4) is 0 Å². The summed E-state index contributed by atoms with van der Waals surface area (Å²) in [5.74, 6) is -0.871. The topological polar surface area (TPSA) is 75.7 Å². The molecule has 4 atom stereocenters. The Labute approximate surface area is 256 Å². The Balaban J connectivity index is 1.57. The number of anilines is 1. The molecule has 0 aromatic heterocycles. The Morgan fingerprint density at radius 2 is 1.79 bits per heavy atom. The third kappa shape index (κ3) is 6.52. The van der Waals surface area contributed by atoms with Crippen molar-refractivity contribution in [2.75, 3.05) is 4.72 Å². The molecule has 0 bridgehead atoms. The van der Waals surface area contributed by atoms with Crippen molar-refractivity contribution in [2.45, 2.75) is 68.6 Å². The van der Waals surface area contributed by atoms with Gasteiger partial charge in [-0.3, -0.25) is 9.52 Å². The molecule has 10 heteroatoms. The largest absolute Gasteiger partial charge is 0.358 e. The number of carbonyl (C=O) groups is 1. The van der Waals surface area contributed by atoms with Crippen LogP contribution in [0.4, 0.5) is 10.1 Å². The van der Waals surface area contributed by atoms with E-state index in [0.29, 0.717) is 41.3 Å². The molecule has 2 aliphatic rings. The van der Waals surface area contributed by atoms with Crippen molar-refractivity contribution >= 4 is 44.8 Å². The number of halogens is 3. The molecule has 3 aromatic carbocycles. The summed E-state index contributed by atoms with van der Waals surface area (Å²) in [6, 6.07) is 18.3. The summed E-state index contributed by atoms with van der Waals surface area (Å²) in [4.78, 5) is 15.9. The fourth-order valence-electron chi connectivity index (χ4n) is 5.54. The second-order valence-electron chi connectivity index (χ2n) is 10.8. The monoisotopic (exact) mass is 630 g/mol. The summed E-state index contributed by atoms with van der Waals surface area (Å²) >= 11 is 12.6. The molecule has 1 aliphatic carbocycles. The fraction of sp³-hybridized carbons (Fsp3) is 0.344. The predicted octanol–water partition coefficient (Wildman–Crippen LogP) is 7.64. The van der Waals surface area contributed by atoms with Crippen LogP contribution in [-0.4, -0.2) is 36.6 Å². The maximum atomic E-state index is 15.8. The highest BCUT2D eigenvalue weighted by Crippen LogP contribution is 2.45. The Hall–Kier alpha value is -2.91. The van der Waals surface area contributed by atoms with Crippen molar-refractivity contribution < 1.29 is 22.3 Å². The summed E-state index contributed by atoms with van der Waals surface area (Å²) in [5, 5.41) is 0.603. The molecule has 1 saturated heterocycles. The van der Waals surface area contributed by atoms with Crippen molar-refractivity contribution in [2.24, 2.45) is 0 Å². The lowest BCUT2D eigenvalue weighted by Gasteiger charge is -2.48. The molecule has 0 radical (unpaired) electrons. The van der Waals surface area contributed by atoms with Gasteiger partial charge in [-0.05, 0) is 72.7 Å². The number of rotatable bonds is 11. The number of amides is 1. The lowest BCUT2D eigenvalue weighted by Crippen LogP contribution is -2.55. The first-order chi connectivity index (χ1) is 20.1. The molecule has 0 spiro atoms. The molecule has 1 saturated carbocycles. The van der Waals surface area contributed by atoms with Crippen molar-refractivity contribution in [3.63, 3.8) is 0 Å². The van der Waals surface area contributed by atoms with Crippen LogP contribution in [0.1, 0.15) is 61.4 Å². The van der Waals surface area contributed by atoms with Gasteiger partial charge in [0.1, 0.15) is 12.2 Å². The van der Waals surface area contributed by atoms with Gasteiger partial charge < -0.3 is 9.64 Å². The predicted molar refractivity (Wildman–Crippen MR) is 165 cm³/mol. The molecule has 5 rings (SSSR count). The zero-order chi connectivity index (χ0) is 30.0. The van der Waals surface area contributed by atoms with Gasteiger partial charge in [0.05, 0.1) is 17.0 Å². The quantitative estimate of drug-likeness (QED) is 0.221. The summed E-state index contributed by atoms with van der Waals surface area (Å²) in [6.07, 6.45) is 2.38. The third-order valence-electron chi connectivity index (χ3n) is 7.81. The summed E-state index contributed by atoms with van der Waals surface area (Å²) < 4.78 is 49.8. The zero-order valence-electron chi connectivity index (χ0n) is 23.2. The highest BCUT2D eigenvalue weighted by Gasteiger charge is 2.46. The van der Waals surface area contributed by atoms with E-state index in [9.17, 15) is 13.2 Å². The fourth-order valence-corrected chi connectivity index (χ4v) is 7.25. The van der Waals surface area contributed by atoms with E-state index in [1.54, 1.807) is 41.3 Å². The Bertz CT molecular complexity index is 1560. The molecule has 6 nitrogen and oxygen atoms in total. The van der Waals surface area contributed by atoms with Crippen LogP contribution in [0.5, 0.6) is 0 Å². The summed E-state index contributed by atoms with van der Waals surface area (Å²) in [6.45, 7) is 5.77. The van der Waals surface area contributed by atoms with Crippen LogP contribution in [0, 0.1) is 5.82 Å². The molecule has 2 fully saturated rings. The van der Waals surface area contributed by atoms with Gasteiger partial charge in [-0.25, -0.2) is 12.8 Å². The number of benzene rings is 3. The first kappa shape index (κ1) is 30.5. The number of ether oxygens (including phenoxy) is 1. The van der Waals surface area contributed by atoms with Crippen LogP contribution in [0.15, 0.2) is 79.4 Å². The normalized spacial score (nSPS) is 21.7. The molecule has 3 aromatic rings. The second kappa shape index (κ2) is 12.8. The second-order valence-corrected chi connectivity index (χ2v) is 13.6. The van der Waals surface area contributed by atoms with Crippen LogP contribution >= 0.6 is 23.2 Å². The van der Waals surface area contributed by atoms with Gasteiger partial charge in [0.25, 0.3) is 5.91 Å². The standard InChI is InChI=1S/C32H33Cl2FN2O4S/c1-3-7-28-32(38)37(25(4-2)19-21-8-6-11-27(29(21)35)36-42(39,40)26-16-17-26)30(20-12-14-23(33)15-13-20)31(41-28)22-9-5-10-24(34)18-22/h3,5-6,8-15,18,25-26,28,30-31,36H,1,4,7,16-17,19H2,2H3/t25-,28-,30+,31+/m0/s1. The number of nitrogens with one attached hydrogen (secondary N) is 1. The maximum absolute atomic E-state index is 15.8. The van der Waals surface area contributed by atoms with Gasteiger partial charge in [-0.2, -0.15) is 0 Å². The van der Waals surface area contributed by atoms with E-state index >= 15 is 4.39 Å². The first-order valence-electron chi connectivity index (χ1n) is 14.0. The van der Waals surface area contributed by atoms with Gasteiger partial charge in [0.2, 0.25) is 10.0 Å². The number of hydrogen-bond donors (Lipinski definition) is 1. The van der Waals surface area contributed by atoms with Crippen molar-refractivity contribution in [1.29, 1.82) is 0 Å². The van der Waals surface area contributed by atoms with Gasteiger partial charge in [0, 0.05) is 22.5 Å². The molecule has 1 heterocycles. The van der Waals surface area contributed by atoms with Crippen LogP contribution < -0.4 is 4.72 Å². The number of morpholine rings is 1. The number of carbonyl (C=O) groups excluding carboxylic acids is 1. The highest BCUT2D eigenvalue weighted by atomic mass is 35.5. The zero-order valence-corrected chi connectivity index (χ0v) is 25.5. The Morgan fingerprint density at radius 1 is 1.07 bits per heavy atom. The van der Waals surface area contributed by atoms with E-state index in [-0.39, 0.29) is 18.0 Å². The van der Waals surface area contributed by atoms with Gasteiger partial charge in [-0.1, -0.05) is 72.6 Å². The number of hydrogen-bond acceptors (Lipinski definition) is 4. The smallest absolute Gasteiger partial charge is 0.252 e. The van der Waals surface area contributed by atoms with E-state index in [1.807, 2.05) is 37.3 Å². The van der Waals surface area contributed by atoms with Gasteiger partial charge in [-0.15, -0.1) is 6.58 Å². The third-order valence-corrected chi connectivity index (χ3v) is 10.2. The molecule has 1 amide bonds. The van der Waals surface area contributed by atoms with E-state index in [4.69, 9.17) is 27.9 Å². The maximum Gasteiger partial charge on any atom is 0.252 e. The van der Waals surface area contributed by atoms with Crippen LogP contribution in [0.25, 0.3) is 0 Å². The van der Waals surface area contributed by atoms with E-state index in [1.165, 1.54) is 6.07 Å². The van der Waals surface area contributed by atoms with Crippen molar-refractivity contribution in [3.05, 3.63) is 112 Å². The first-order valence-corrected chi connectivity index (χ1v) is 16.3. The molecule has 1 aliphatic heterocycles. The Kier molecular flexibility index (Phi) is 9.28. The average molecular weight is 632 g/mol. The van der Waals surface area contributed by atoms with Crippen LogP contribution in [0.3, 0.4) is 0 Å². The summed E-state index contributed by atoms with van der Waals surface area (Å²) in [7, 11) is -3.65. The molecule has 1 N–H and O–H groups in total. The van der Waals surface area contributed by atoms with E-state index in [2.05, 4.69) is 11.3 Å². The van der Waals surface area contributed by atoms with Crippen molar-refractivity contribution in [1.82, 2.24) is 4.90 Å². The van der Waals surface area contributed by atoms with Gasteiger partial charge >= 0.3 is 0 Å². The average Bonchev–Trinajstić information content (AvgIpc) is 3.82. The molecule has 0 unspecified atom stereocenters. The van der Waals surface area contributed by atoms with Crippen LogP contribution in [0.2, 0.25) is 10.0 Å². The molecule has 222 valence electrons. The SMILES string of the molecule is C=CC[C@@H]1O[C@H](c2cccc(Cl)c2)[C@@H](c2ccc(Cl)cc2)N([C@@H](CC)Cc2cccc(NS(=O)(=O)C3CC3)c2F)C1=O. The number of sulfonamides is 1. The molecule has 42 heavy (non-hydrogen) atoms. The highest BCUT2D eigenvalue weighted by molar-refractivity contribution is 7.93. The lowest BCUT2D eigenvalue weighted by molar-refractivity contribution is -0.179. The minimum atomic E-state index is -3.65. The van der Waals surface area contributed by atoms with Crippen LogP contribution in [-0.2, 0) is 26.0 Å². The minimum Gasteiger partial charge on any atom is -0.358 e. The van der Waals surface area contributed by atoms with E-state index in [0.717, 1.165) is 11.1 Å². The molecular weight excluding hydrogens is 598 g/mol. The minimum absolute atomic E-state index is 0.0850. The Morgan fingerprint density at radius 3 is 2.43 bits per heavy atom.